The first-order valence-corrected chi connectivity index (χ1v) is 8.41. The van der Waals surface area contributed by atoms with Crippen LogP contribution in [0.2, 0.25) is 0 Å². The average molecular weight is 365 g/mol. The summed E-state index contributed by atoms with van der Waals surface area (Å²) in [7, 11) is 0. The smallest absolute Gasteiger partial charge is 0.408 e. The van der Waals surface area contributed by atoms with E-state index in [4.69, 9.17) is 15.2 Å². The van der Waals surface area contributed by atoms with Crippen molar-refractivity contribution in [3.05, 3.63) is 35.9 Å². The Morgan fingerprint density at radius 1 is 1.12 bits per heavy atom. The highest BCUT2D eigenvalue weighted by molar-refractivity contribution is 5.84. The third kappa shape index (κ3) is 9.51. The molecular weight excluding hydrogens is 338 g/mol. The van der Waals surface area contributed by atoms with Gasteiger partial charge >= 0.3 is 12.2 Å². The molecule has 0 fully saturated rings. The fraction of sp³-hybridized carbons (Fsp3) is 0.500. The van der Waals surface area contributed by atoms with E-state index in [0.29, 0.717) is 6.42 Å². The Balaban J connectivity index is 2.26. The van der Waals surface area contributed by atoms with E-state index in [2.05, 4.69) is 10.6 Å². The van der Waals surface area contributed by atoms with Crippen molar-refractivity contribution in [2.75, 3.05) is 6.54 Å². The molecule has 0 aliphatic heterocycles. The van der Waals surface area contributed by atoms with E-state index < -0.39 is 29.7 Å². The molecule has 1 atom stereocenters. The van der Waals surface area contributed by atoms with Crippen molar-refractivity contribution in [3.8, 4) is 0 Å². The molecule has 8 heteroatoms. The molecule has 1 aromatic rings. The fourth-order valence-corrected chi connectivity index (χ4v) is 2.01. The Morgan fingerprint density at radius 2 is 1.77 bits per heavy atom. The minimum absolute atomic E-state index is 0.177. The lowest BCUT2D eigenvalue weighted by Gasteiger charge is -2.22. The summed E-state index contributed by atoms with van der Waals surface area (Å²) >= 11 is 0. The van der Waals surface area contributed by atoms with Gasteiger partial charge in [0.25, 0.3) is 0 Å². The molecule has 0 aliphatic rings. The largest absolute Gasteiger partial charge is 0.445 e. The SMILES string of the molecule is CC(C)(C)OC(=O)NC(CCCNC(=O)OCc1ccccc1)C(N)=O. The van der Waals surface area contributed by atoms with Gasteiger partial charge in [0.2, 0.25) is 5.91 Å². The monoisotopic (exact) mass is 365 g/mol. The molecule has 0 saturated carbocycles. The van der Waals surface area contributed by atoms with Gasteiger partial charge in [-0.3, -0.25) is 4.79 Å². The average Bonchev–Trinajstić information content (AvgIpc) is 2.54. The summed E-state index contributed by atoms with van der Waals surface area (Å²) in [6, 6.07) is 8.44. The second kappa shape index (κ2) is 10.3. The second-order valence-corrected chi connectivity index (χ2v) is 6.73. The number of alkyl carbamates (subject to hydrolysis) is 2. The summed E-state index contributed by atoms with van der Waals surface area (Å²) in [5.41, 5.74) is 5.50. The Hall–Kier alpha value is -2.77. The lowest BCUT2D eigenvalue weighted by molar-refractivity contribution is -0.120. The van der Waals surface area contributed by atoms with E-state index >= 15 is 0 Å². The Morgan fingerprint density at radius 3 is 2.35 bits per heavy atom. The predicted octanol–water partition coefficient (Wildman–Crippen LogP) is 2.07. The van der Waals surface area contributed by atoms with Crippen molar-refractivity contribution in [1.82, 2.24) is 10.6 Å². The van der Waals surface area contributed by atoms with Crippen molar-refractivity contribution in [2.45, 2.75) is 51.9 Å². The molecule has 0 saturated heterocycles. The number of nitrogens with two attached hydrogens (primary N) is 1. The molecular formula is C18H27N3O5. The van der Waals surface area contributed by atoms with Gasteiger partial charge < -0.3 is 25.8 Å². The third-order valence-electron chi connectivity index (χ3n) is 3.19. The van der Waals surface area contributed by atoms with Gasteiger partial charge in [0.1, 0.15) is 18.2 Å². The zero-order valence-corrected chi connectivity index (χ0v) is 15.4. The predicted molar refractivity (Wildman–Crippen MR) is 96.2 cm³/mol. The van der Waals surface area contributed by atoms with Crippen molar-refractivity contribution in [3.63, 3.8) is 0 Å². The van der Waals surface area contributed by atoms with Crippen molar-refractivity contribution >= 4 is 18.1 Å². The summed E-state index contributed by atoms with van der Waals surface area (Å²) in [6.07, 6.45) is -0.557. The van der Waals surface area contributed by atoms with Crippen LogP contribution in [0.15, 0.2) is 30.3 Å². The van der Waals surface area contributed by atoms with Crippen LogP contribution in [0.1, 0.15) is 39.2 Å². The summed E-state index contributed by atoms with van der Waals surface area (Å²) in [5.74, 6) is -0.664. The number of amides is 3. The number of hydrogen-bond donors (Lipinski definition) is 3. The summed E-state index contributed by atoms with van der Waals surface area (Å²) in [5, 5.41) is 5.01. The highest BCUT2D eigenvalue weighted by Gasteiger charge is 2.22. The third-order valence-corrected chi connectivity index (χ3v) is 3.19. The molecule has 26 heavy (non-hydrogen) atoms. The minimum atomic E-state index is -0.869. The van der Waals surface area contributed by atoms with Gasteiger partial charge in [-0.1, -0.05) is 30.3 Å². The van der Waals surface area contributed by atoms with Crippen molar-refractivity contribution in [2.24, 2.45) is 5.73 Å². The van der Waals surface area contributed by atoms with Gasteiger partial charge in [0.05, 0.1) is 0 Å². The quantitative estimate of drug-likeness (QED) is 0.609. The number of nitrogens with one attached hydrogen (secondary N) is 2. The first kappa shape index (κ1) is 21.3. The number of ether oxygens (including phenoxy) is 2. The molecule has 1 rings (SSSR count). The molecule has 4 N–H and O–H groups in total. The molecule has 0 spiro atoms. The minimum Gasteiger partial charge on any atom is -0.445 e. The van der Waals surface area contributed by atoms with Crippen LogP contribution in [-0.2, 0) is 20.9 Å². The molecule has 0 aliphatic carbocycles. The molecule has 0 radical (unpaired) electrons. The lowest BCUT2D eigenvalue weighted by atomic mass is 10.1. The van der Waals surface area contributed by atoms with Crippen LogP contribution in [0.25, 0.3) is 0 Å². The highest BCUT2D eigenvalue weighted by atomic mass is 16.6. The van der Waals surface area contributed by atoms with E-state index in [1.54, 1.807) is 20.8 Å². The van der Waals surface area contributed by atoms with Crippen LogP contribution in [0.5, 0.6) is 0 Å². The van der Waals surface area contributed by atoms with Crippen LogP contribution < -0.4 is 16.4 Å². The maximum absolute atomic E-state index is 11.7. The molecule has 1 unspecified atom stereocenters. The normalized spacial score (nSPS) is 12.0. The molecule has 3 amide bonds. The first-order valence-electron chi connectivity index (χ1n) is 8.41. The molecule has 0 bridgehead atoms. The summed E-state index contributed by atoms with van der Waals surface area (Å²) in [6.45, 7) is 5.62. The molecule has 144 valence electrons. The second-order valence-electron chi connectivity index (χ2n) is 6.73. The van der Waals surface area contributed by atoms with Gasteiger partial charge in [0.15, 0.2) is 0 Å². The van der Waals surface area contributed by atoms with E-state index in [-0.39, 0.29) is 19.6 Å². The first-order chi connectivity index (χ1) is 12.2. The standard InChI is InChI=1S/C18H27N3O5/c1-18(2,3)26-17(24)21-14(15(19)22)10-7-11-20-16(23)25-12-13-8-5-4-6-9-13/h4-6,8-9,14H,7,10-12H2,1-3H3,(H2,19,22)(H,20,23)(H,21,24). The maximum atomic E-state index is 11.7. The Bertz CT molecular complexity index is 599. The molecule has 0 heterocycles. The van der Waals surface area contributed by atoms with E-state index in [1.807, 2.05) is 30.3 Å². The van der Waals surface area contributed by atoms with E-state index in [0.717, 1.165) is 5.56 Å². The number of hydrogen-bond acceptors (Lipinski definition) is 5. The molecule has 8 nitrogen and oxygen atoms in total. The molecule has 1 aromatic carbocycles. The Labute approximate surface area is 153 Å². The zero-order chi connectivity index (χ0) is 19.6. The lowest BCUT2D eigenvalue weighted by Crippen LogP contribution is -2.46. The maximum Gasteiger partial charge on any atom is 0.408 e. The van der Waals surface area contributed by atoms with Crippen LogP contribution >= 0.6 is 0 Å². The number of rotatable bonds is 8. The van der Waals surface area contributed by atoms with E-state index in [1.165, 1.54) is 0 Å². The van der Waals surface area contributed by atoms with Gasteiger partial charge in [0, 0.05) is 6.54 Å². The van der Waals surface area contributed by atoms with Gasteiger partial charge in [-0.2, -0.15) is 0 Å². The summed E-state index contributed by atoms with van der Waals surface area (Å²) in [4.78, 5) is 34.7. The Kier molecular flexibility index (Phi) is 8.41. The zero-order valence-electron chi connectivity index (χ0n) is 15.4. The number of primary amides is 1. The number of carbonyl (C=O) groups excluding carboxylic acids is 3. The van der Waals surface area contributed by atoms with Crippen LogP contribution in [0, 0.1) is 0 Å². The van der Waals surface area contributed by atoms with Crippen molar-refractivity contribution in [1.29, 1.82) is 0 Å². The van der Waals surface area contributed by atoms with Crippen molar-refractivity contribution < 1.29 is 23.9 Å². The van der Waals surface area contributed by atoms with Gasteiger partial charge in [-0.05, 0) is 39.2 Å². The van der Waals surface area contributed by atoms with Crippen LogP contribution in [0.4, 0.5) is 9.59 Å². The number of benzene rings is 1. The highest BCUT2D eigenvalue weighted by Crippen LogP contribution is 2.07. The topological polar surface area (TPSA) is 120 Å². The van der Waals surface area contributed by atoms with Crippen LogP contribution in [0.3, 0.4) is 0 Å². The summed E-state index contributed by atoms with van der Waals surface area (Å²) < 4.78 is 10.2. The molecule has 0 aromatic heterocycles. The van der Waals surface area contributed by atoms with Crippen LogP contribution in [-0.4, -0.2) is 36.3 Å². The van der Waals surface area contributed by atoms with Gasteiger partial charge in [-0.25, -0.2) is 9.59 Å². The fourth-order valence-electron chi connectivity index (χ4n) is 2.01. The van der Waals surface area contributed by atoms with Gasteiger partial charge in [-0.15, -0.1) is 0 Å². The number of carbonyl (C=O) groups is 3. The van der Waals surface area contributed by atoms with E-state index in [9.17, 15) is 14.4 Å².